The summed E-state index contributed by atoms with van der Waals surface area (Å²) in [5, 5.41) is 4.63. The Hall–Kier alpha value is -2.24. The van der Waals surface area contributed by atoms with Crippen LogP contribution in [0.2, 0.25) is 0 Å². The van der Waals surface area contributed by atoms with E-state index in [1.165, 1.54) is 0 Å². The minimum Gasteiger partial charge on any atom is -0.288 e. The molecule has 82 valence electrons. The average molecular weight is 218 g/mol. The van der Waals surface area contributed by atoms with Crippen LogP contribution in [0.3, 0.4) is 0 Å². The number of carbonyl (C=O) groups is 2. The highest BCUT2D eigenvalue weighted by Gasteiger charge is 2.24. The first-order valence-corrected chi connectivity index (χ1v) is 4.74. The van der Waals surface area contributed by atoms with E-state index in [1.54, 1.807) is 6.20 Å². The number of carbonyl (C=O) groups excluding carboxylic acids is 2. The van der Waals surface area contributed by atoms with E-state index in [9.17, 15) is 9.59 Å². The van der Waals surface area contributed by atoms with Gasteiger partial charge in [0.1, 0.15) is 0 Å². The van der Waals surface area contributed by atoms with Gasteiger partial charge in [-0.2, -0.15) is 0 Å². The van der Waals surface area contributed by atoms with Crippen LogP contribution in [0.15, 0.2) is 23.3 Å². The Bertz CT molecular complexity index is 463. The van der Waals surface area contributed by atoms with E-state index in [2.05, 4.69) is 20.6 Å². The van der Waals surface area contributed by atoms with Crippen molar-refractivity contribution in [3.63, 3.8) is 0 Å². The first-order chi connectivity index (χ1) is 7.66. The summed E-state index contributed by atoms with van der Waals surface area (Å²) in [5.74, 6) is -1.19. The van der Waals surface area contributed by atoms with Gasteiger partial charge in [0.05, 0.1) is 12.2 Å². The Morgan fingerprint density at radius 1 is 1.31 bits per heavy atom. The van der Waals surface area contributed by atoms with Crippen LogP contribution in [-0.2, 0) is 16.1 Å². The van der Waals surface area contributed by atoms with Crippen molar-refractivity contribution in [2.45, 2.75) is 13.5 Å². The molecule has 0 aliphatic carbocycles. The van der Waals surface area contributed by atoms with Gasteiger partial charge in [-0.1, -0.05) is 6.07 Å². The quantitative estimate of drug-likeness (QED) is 0.656. The molecular weight excluding hydrogens is 208 g/mol. The Morgan fingerprint density at radius 3 is 2.62 bits per heavy atom. The number of aryl methyl sites for hydroxylation is 1. The maximum absolute atomic E-state index is 10.8. The van der Waals surface area contributed by atoms with Crippen molar-refractivity contribution in [2.24, 2.45) is 4.99 Å². The second-order valence-corrected chi connectivity index (χ2v) is 3.34. The third-order valence-corrected chi connectivity index (χ3v) is 2.17. The van der Waals surface area contributed by atoms with Gasteiger partial charge in [0.2, 0.25) is 5.96 Å². The highest BCUT2D eigenvalue weighted by atomic mass is 16.2. The minimum absolute atomic E-state index is 0.181. The number of hydrogen-bond acceptors (Lipinski definition) is 4. The Balaban J connectivity index is 2.08. The monoisotopic (exact) mass is 218 g/mol. The fraction of sp³-hybridized carbons (Fsp3) is 0.200. The largest absolute Gasteiger partial charge is 0.316 e. The zero-order valence-corrected chi connectivity index (χ0v) is 8.65. The summed E-state index contributed by atoms with van der Waals surface area (Å²) < 4.78 is 0. The molecule has 0 saturated carbocycles. The van der Waals surface area contributed by atoms with Crippen LogP contribution < -0.4 is 10.6 Å². The molecule has 2 amide bonds. The molecule has 1 saturated heterocycles. The molecule has 16 heavy (non-hydrogen) atoms. The van der Waals surface area contributed by atoms with Crippen molar-refractivity contribution in [3.8, 4) is 0 Å². The lowest BCUT2D eigenvalue weighted by atomic mass is 10.2. The van der Waals surface area contributed by atoms with Crippen LogP contribution in [0.4, 0.5) is 0 Å². The third-order valence-electron chi connectivity index (χ3n) is 2.17. The SMILES string of the molecule is Cc1cccnc1CN=C1NC(=O)C(=O)N1. The molecule has 1 aliphatic heterocycles. The number of guanidine groups is 1. The number of aliphatic imine (C=N–C) groups is 1. The standard InChI is InChI=1S/C10H10N4O2/c1-6-3-2-4-11-7(6)5-12-10-13-8(15)9(16)14-10/h2-4H,5H2,1H3,(H2,12,13,14,15,16). The first kappa shape index (κ1) is 10.3. The van der Waals surface area contributed by atoms with Gasteiger partial charge in [0.15, 0.2) is 0 Å². The smallest absolute Gasteiger partial charge is 0.288 e. The zero-order chi connectivity index (χ0) is 11.5. The van der Waals surface area contributed by atoms with Crippen molar-refractivity contribution in [1.82, 2.24) is 15.6 Å². The Morgan fingerprint density at radius 2 is 2.00 bits per heavy atom. The Labute approximate surface area is 91.8 Å². The van der Waals surface area contributed by atoms with Crippen molar-refractivity contribution in [3.05, 3.63) is 29.6 Å². The molecule has 0 bridgehead atoms. The van der Waals surface area contributed by atoms with Gasteiger partial charge < -0.3 is 0 Å². The summed E-state index contributed by atoms with van der Waals surface area (Å²) in [4.78, 5) is 29.9. The van der Waals surface area contributed by atoms with Gasteiger partial charge in [-0.15, -0.1) is 0 Å². The summed E-state index contributed by atoms with van der Waals surface area (Å²) >= 11 is 0. The summed E-state index contributed by atoms with van der Waals surface area (Å²) in [6, 6.07) is 3.76. The number of pyridine rings is 1. The lowest BCUT2D eigenvalue weighted by Crippen LogP contribution is -2.25. The maximum atomic E-state index is 10.8. The predicted octanol–water partition coefficient (Wildman–Crippen LogP) is -0.508. The highest BCUT2D eigenvalue weighted by Crippen LogP contribution is 2.04. The molecule has 2 heterocycles. The molecule has 6 heteroatoms. The number of aromatic nitrogens is 1. The molecule has 1 aromatic heterocycles. The van der Waals surface area contributed by atoms with Crippen LogP contribution in [0, 0.1) is 6.92 Å². The lowest BCUT2D eigenvalue weighted by molar-refractivity contribution is -0.135. The first-order valence-electron chi connectivity index (χ1n) is 4.74. The molecule has 2 N–H and O–H groups in total. The predicted molar refractivity (Wildman–Crippen MR) is 56.4 cm³/mol. The van der Waals surface area contributed by atoms with E-state index in [4.69, 9.17) is 0 Å². The third kappa shape index (κ3) is 2.05. The molecule has 1 fully saturated rings. The molecule has 1 aliphatic rings. The molecule has 0 aromatic carbocycles. The van der Waals surface area contributed by atoms with Gasteiger partial charge in [-0.3, -0.25) is 25.2 Å². The number of rotatable bonds is 2. The summed E-state index contributed by atoms with van der Waals surface area (Å²) in [7, 11) is 0. The van der Waals surface area contributed by atoms with Gasteiger partial charge in [-0.05, 0) is 18.6 Å². The summed E-state index contributed by atoms with van der Waals surface area (Å²) in [5.41, 5.74) is 1.83. The molecule has 0 radical (unpaired) electrons. The number of hydrogen-bond donors (Lipinski definition) is 2. The molecule has 0 unspecified atom stereocenters. The van der Waals surface area contributed by atoms with E-state index in [0.717, 1.165) is 11.3 Å². The average Bonchev–Trinajstić information content (AvgIpc) is 2.57. The summed E-state index contributed by atoms with van der Waals surface area (Å²) in [6.45, 7) is 2.25. The van der Waals surface area contributed by atoms with Crippen LogP contribution >= 0.6 is 0 Å². The fourth-order valence-electron chi connectivity index (χ4n) is 1.28. The zero-order valence-electron chi connectivity index (χ0n) is 8.65. The van der Waals surface area contributed by atoms with Crippen LogP contribution in [0.5, 0.6) is 0 Å². The summed E-state index contributed by atoms with van der Waals surface area (Å²) in [6.07, 6.45) is 1.67. The molecule has 6 nitrogen and oxygen atoms in total. The molecule has 1 aromatic rings. The van der Waals surface area contributed by atoms with Crippen molar-refractivity contribution in [1.29, 1.82) is 0 Å². The Kier molecular flexibility index (Phi) is 2.63. The molecule has 0 atom stereocenters. The van der Waals surface area contributed by atoms with Crippen LogP contribution in [0.1, 0.15) is 11.3 Å². The highest BCUT2D eigenvalue weighted by molar-refractivity contribution is 6.45. The molecule has 2 rings (SSSR count). The van der Waals surface area contributed by atoms with E-state index in [1.807, 2.05) is 19.1 Å². The van der Waals surface area contributed by atoms with Crippen molar-refractivity contribution < 1.29 is 9.59 Å². The van der Waals surface area contributed by atoms with Crippen molar-refractivity contribution >= 4 is 17.8 Å². The topological polar surface area (TPSA) is 83.5 Å². The minimum atomic E-state index is -0.684. The maximum Gasteiger partial charge on any atom is 0.316 e. The van der Waals surface area contributed by atoms with E-state index >= 15 is 0 Å². The molecular formula is C10H10N4O2. The molecule has 0 spiro atoms. The number of amides is 2. The second-order valence-electron chi connectivity index (χ2n) is 3.34. The number of nitrogens with one attached hydrogen (secondary N) is 2. The van der Waals surface area contributed by atoms with Crippen LogP contribution in [0.25, 0.3) is 0 Å². The van der Waals surface area contributed by atoms with Crippen LogP contribution in [-0.4, -0.2) is 22.8 Å². The van der Waals surface area contributed by atoms with Gasteiger partial charge in [0, 0.05) is 6.20 Å². The fourth-order valence-corrected chi connectivity index (χ4v) is 1.28. The second kappa shape index (κ2) is 4.09. The van der Waals surface area contributed by atoms with Crippen molar-refractivity contribution in [2.75, 3.05) is 0 Å². The lowest BCUT2D eigenvalue weighted by Gasteiger charge is -2.00. The van der Waals surface area contributed by atoms with E-state index in [-0.39, 0.29) is 5.96 Å². The number of nitrogens with zero attached hydrogens (tertiary/aromatic N) is 2. The normalized spacial score (nSPS) is 14.7. The van der Waals surface area contributed by atoms with E-state index in [0.29, 0.717) is 6.54 Å². The van der Waals surface area contributed by atoms with Gasteiger partial charge in [0.25, 0.3) is 0 Å². The van der Waals surface area contributed by atoms with Gasteiger partial charge >= 0.3 is 11.8 Å². The van der Waals surface area contributed by atoms with Gasteiger partial charge in [-0.25, -0.2) is 4.99 Å². The van der Waals surface area contributed by atoms with E-state index < -0.39 is 11.8 Å².